The van der Waals surface area contributed by atoms with Gasteiger partial charge in [-0.05, 0) is 49.2 Å². The predicted octanol–water partition coefficient (Wildman–Crippen LogP) is 3.78. The van der Waals surface area contributed by atoms with Gasteiger partial charge in [-0.3, -0.25) is 0 Å². The Morgan fingerprint density at radius 1 is 1.18 bits per heavy atom. The number of rotatable bonds is 4. The third kappa shape index (κ3) is 3.01. The minimum absolute atomic E-state index is 0.634. The Balaban J connectivity index is 2.02. The largest absolute Gasteiger partial charge is 0.488 e. The smallest absolute Gasteiger partial charge is 0.122 e. The summed E-state index contributed by atoms with van der Waals surface area (Å²) in [5.74, 6) is 0.908. The van der Waals surface area contributed by atoms with Gasteiger partial charge in [0.15, 0.2) is 0 Å². The van der Waals surface area contributed by atoms with Crippen LogP contribution >= 0.6 is 11.3 Å². The molecule has 0 bridgehead atoms. The second kappa shape index (κ2) is 5.23. The van der Waals surface area contributed by atoms with Crippen LogP contribution in [-0.4, -0.2) is 0 Å². The second-order valence-corrected chi connectivity index (χ2v) is 5.29. The maximum Gasteiger partial charge on any atom is 0.122 e. The minimum atomic E-state index is 0.634. The topological polar surface area (TPSA) is 35.2 Å². The number of thiophene rings is 1. The van der Waals surface area contributed by atoms with E-state index in [1.54, 1.807) is 0 Å². The SMILES string of the molecule is CCc1ccc(COc2ccc(N)cc2C)s1. The van der Waals surface area contributed by atoms with E-state index in [1.807, 2.05) is 36.5 Å². The molecule has 90 valence electrons. The summed E-state index contributed by atoms with van der Waals surface area (Å²) >= 11 is 1.81. The van der Waals surface area contributed by atoms with Gasteiger partial charge in [-0.25, -0.2) is 0 Å². The van der Waals surface area contributed by atoms with Crippen LogP contribution in [0.5, 0.6) is 5.75 Å². The van der Waals surface area contributed by atoms with E-state index in [1.165, 1.54) is 9.75 Å². The van der Waals surface area contributed by atoms with Crippen LogP contribution in [0.2, 0.25) is 0 Å². The average Bonchev–Trinajstić information content (AvgIpc) is 2.76. The zero-order valence-corrected chi connectivity index (χ0v) is 11.0. The Hall–Kier alpha value is -1.48. The van der Waals surface area contributed by atoms with Crippen LogP contribution in [0, 0.1) is 6.92 Å². The first kappa shape index (κ1) is 12.0. The van der Waals surface area contributed by atoms with Crippen LogP contribution in [0.15, 0.2) is 30.3 Å². The van der Waals surface area contributed by atoms with Crippen LogP contribution in [0.3, 0.4) is 0 Å². The van der Waals surface area contributed by atoms with Gasteiger partial charge in [-0.1, -0.05) is 6.92 Å². The fourth-order valence-corrected chi connectivity index (χ4v) is 2.54. The van der Waals surface area contributed by atoms with Crippen molar-refractivity contribution in [1.29, 1.82) is 0 Å². The predicted molar refractivity (Wildman–Crippen MR) is 73.6 cm³/mol. The number of nitrogens with two attached hydrogens (primary N) is 1. The summed E-state index contributed by atoms with van der Waals surface area (Å²) in [4.78, 5) is 2.66. The first-order valence-corrected chi connectivity index (χ1v) is 6.57. The first-order valence-electron chi connectivity index (χ1n) is 5.75. The number of aryl methyl sites for hydroxylation is 2. The van der Waals surface area contributed by atoms with Crippen molar-refractivity contribution in [3.63, 3.8) is 0 Å². The van der Waals surface area contributed by atoms with Crippen molar-refractivity contribution in [2.24, 2.45) is 0 Å². The normalized spacial score (nSPS) is 10.5. The highest BCUT2D eigenvalue weighted by Gasteiger charge is 2.02. The molecule has 0 saturated carbocycles. The molecule has 2 rings (SSSR count). The van der Waals surface area contributed by atoms with Gasteiger partial charge >= 0.3 is 0 Å². The number of hydrogen-bond acceptors (Lipinski definition) is 3. The zero-order valence-electron chi connectivity index (χ0n) is 10.2. The monoisotopic (exact) mass is 247 g/mol. The molecule has 0 aliphatic carbocycles. The number of nitrogen functional groups attached to an aromatic ring is 1. The lowest BCUT2D eigenvalue weighted by molar-refractivity contribution is 0.307. The summed E-state index contributed by atoms with van der Waals surface area (Å²) in [6.07, 6.45) is 1.09. The van der Waals surface area contributed by atoms with E-state index in [2.05, 4.69) is 19.1 Å². The summed E-state index contributed by atoms with van der Waals surface area (Å²) in [5.41, 5.74) is 7.56. The summed E-state index contributed by atoms with van der Waals surface area (Å²) in [7, 11) is 0. The van der Waals surface area contributed by atoms with Crippen molar-refractivity contribution in [3.05, 3.63) is 45.6 Å². The van der Waals surface area contributed by atoms with Crippen molar-refractivity contribution >= 4 is 17.0 Å². The number of benzene rings is 1. The van der Waals surface area contributed by atoms with Gasteiger partial charge in [0, 0.05) is 15.4 Å². The van der Waals surface area contributed by atoms with Crippen LogP contribution < -0.4 is 10.5 Å². The van der Waals surface area contributed by atoms with Crippen LogP contribution in [-0.2, 0) is 13.0 Å². The molecular formula is C14H17NOS. The number of hydrogen-bond donors (Lipinski definition) is 1. The molecule has 1 aromatic carbocycles. The Labute approximate surface area is 106 Å². The van der Waals surface area contributed by atoms with Gasteiger partial charge in [0.1, 0.15) is 12.4 Å². The summed E-state index contributed by atoms with van der Waals surface area (Å²) < 4.78 is 5.79. The molecule has 2 nitrogen and oxygen atoms in total. The molecule has 17 heavy (non-hydrogen) atoms. The Kier molecular flexibility index (Phi) is 3.69. The molecule has 0 amide bonds. The quantitative estimate of drug-likeness (QED) is 0.834. The van der Waals surface area contributed by atoms with Gasteiger partial charge in [0.2, 0.25) is 0 Å². The Bertz CT molecular complexity index is 505. The maximum atomic E-state index is 5.79. The molecule has 0 fully saturated rings. The minimum Gasteiger partial charge on any atom is -0.488 e. The fourth-order valence-electron chi connectivity index (χ4n) is 1.67. The second-order valence-electron chi connectivity index (χ2n) is 4.04. The van der Waals surface area contributed by atoms with Crippen molar-refractivity contribution < 1.29 is 4.74 Å². The van der Waals surface area contributed by atoms with Gasteiger partial charge in [0.25, 0.3) is 0 Å². The molecule has 1 aromatic heterocycles. The summed E-state index contributed by atoms with van der Waals surface area (Å²) in [5, 5.41) is 0. The summed E-state index contributed by atoms with van der Waals surface area (Å²) in [6, 6.07) is 10.0. The van der Waals surface area contributed by atoms with Crippen LogP contribution in [0.1, 0.15) is 22.2 Å². The van der Waals surface area contributed by atoms with E-state index in [4.69, 9.17) is 10.5 Å². The van der Waals surface area contributed by atoms with Crippen LogP contribution in [0.4, 0.5) is 5.69 Å². The van der Waals surface area contributed by atoms with Gasteiger partial charge in [0.05, 0.1) is 0 Å². The molecule has 0 aliphatic heterocycles. The third-order valence-electron chi connectivity index (χ3n) is 2.63. The highest BCUT2D eigenvalue weighted by Crippen LogP contribution is 2.23. The molecule has 0 radical (unpaired) electrons. The zero-order chi connectivity index (χ0) is 12.3. The Morgan fingerprint density at radius 2 is 1.94 bits per heavy atom. The molecular weight excluding hydrogens is 230 g/mol. The average molecular weight is 247 g/mol. The molecule has 0 spiro atoms. The lowest BCUT2D eigenvalue weighted by Gasteiger charge is -2.08. The van der Waals surface area contributed by atoms with Gasteiger partial charge in [-0.15, -0.1) is 11.3 Å². The third-order valence-corrected chi connectivity index (χ3v) is 3.84. The van der Waals surface area contributed by atoms with E-state index in [9.17, 15) is 0 Å². The van der Waals surface area contributed by atoms with Gasteiger partial charge < -0.3 is 10.5 Å². The molecule has 0 atom stereocenters. The molecule has 1 heterocycles. The Morgan fingerprint density at radius 3 is 2.59 bits per heavy atom. The van der Waals surface area contributed by atoms with Crippen LogP contribution in [0.25, 0.3) is 0 Å². The highest BCUT2D eigenvalue weighted by atomic mass is 32.1. The van der Waals surface area contributed by atoms with Crippen molar-refractivity contribution in [3.8, 4) is 5.75 Å². The fraction of sp³-hybridized carbons (Fsp3) is 0.286. The van der Waals surface area contributed by atoms with E-state index in [0.29, 0.717) is 6.61 Å². The van der Waals surface area contributed by atoms with E-state index in [-0.39, 0.29) is 0 Å². The molecule has 2 N–H and O–H groups in total. The van der Waals surface area contributed by atoms with Gasteiger partial charge in [-0.2, -0.15) is 0 Å². The molecule has 2 aromatic rings. The standard InChI is InChI=1S/C14H17NOS/c1-3-12-5-6-13(17-12)9-16-14-7-4-11(15)8-10(14)2/h4-8H,3,9,15H2,1-2H3. The van der Waals surface area contributed by atoms with Crippen molar-refractivity contribution in [2.75, 3.05) is 5.73 Å². The van der Waals surface area contributed by atoms with Crippen molar-refractivity contribution in [1.82, 2.24) is 0 Å². The number of ether oxygens (including phenoxy) is 1. The number of anilines is 1. The highest BCUT2D eigenvalue weighted by molar-refractivity contribution is 7.11. The maximum absolute atomic E-state index is 5.79. The molecule has 0 saturated heterocycles. The van der Waals surface area contributed by atoms with E-state index < -0.39 is 0 Å². The lowest BCUT2D eigenvalue weighted by atomic mass is 10.2. The van der Waals surface area contributed by atoms with E-state index in [0.717, 1.165) is 23.4 Å². The first-order chi connectivity index (χ1) is 8.19. The molecule has 0 unspecified atom stereocenters. The lowest BCUT2D eigenvalue weighted by Crippen LogP contribution is -1.95. The molecule has 3 heteroatoms. The summed E-state index contributed by atoms with van der Waals surface area (Å²) in [6.45, 7) is 4.81. The van der Waals surface area contributed by atoms with Crippen molar-refractivity contribution in [2.45, 2.75) is 26.9 Å². The van der Waals surface area contributed by atoms with E-state index >= 15 is 0 Å². The molecule has 0 aliphatic rings.